The largest absolute Gasteiger partial charge is 0.493 e. The zero-order chi connectivity index (χ0) is 27.4. The lowest BCUT2D eigenvalue weighted by molar-refractivity contribution is -0.135. The number of rotatable bonds is 7. The molecule has 2 aromatic carbocycles. The number of benzene rings is 1. The second kappa shape index (κ2) is 11.7. The Morgan fingerprint density at radius 3 is 2.39 bits per heavy atom. The maximum absolute atomic E-state index is 13.5. The molecule has 204 valence electrons. The van der Waals surface area contributed by atoms with E-state index in [4.69, 9.17) is 18.9 Å². The highest BCUT2D eigenvalue weighted by Crippen LogP contribution is 2.50. The molecule has 0 bridgehead atoms. The summed E-state index contributed by atoms with van der Waals surface area (Å²) in [5, 5.41) is 6.10. The second-order valence-corrected chi connectivity index (χ2v) is 9.40. The number of ether oxygens (including phenoxy) is 4. The molecule has 2 atom stereocenters. The molecule has 10 heteroatoms. The van der Waals surface area contributed by atoms with Crippen LogP contribution in [0.5, 0.6) is 17.2 Å². The fourth-order valence-electron chi connectivity index (χ4n) is 5.18. The smallest absolute Gasteiger partial charge is 0.244 e. The third-order valence-electron chi connectivity index (χ3n) is 6.98. The summed E-state index contributed by atoms with van der Waals surface area (Å²) >= 11 is 0. The highest BCUT2D eigenvalue weighted by molar-refractivity contribution is 5.86. The van der Waals surface area contributed by atoms with Crippen LogP contribution in [0.2, 0.25) is 0 Å². The van der Waals surface area contributed by atoms with Crippen LogP contribution in [-0.2, 0) is 20.7 Å². The SMILES string of the molecule is COc1cc2c(c(OC)c1OC)-c1ccc(N[C@@H](C)C(=O)N3CCOCC3)c(=O)cc1[C@@H](NC(C)=O)CC2. The summed E-state index contributed by atoms with van der Waals surface area (Å²) in [6.45, 7) is 5.23. The number of anilines is 1. The predicted molar refractivity (Wildman–Crippen MR) is 143 cm³/mol. The van der Waals surface area contributed by atoms with E-state index in [1.807, 2.05) is 12.1 Å². The lowest BCUT2D eigenvalue weighted by Crippen LogP contribution is -2.47. The second-order valence-electron chi connectivity index (χ2n) is 9.40. The molecule has 1 aliphatic heterocycles. The van der Waals surface area contributed by atoms with Gasteiger partial charge in [0.2, 0.25) is 23.0 Å². The first-order valence-corrected chi connectivity index (χ1v) is 12.7. The van der Waals surface area contributed by atoms with E-state index in [0.29, 0.717) is 62.0 Å². The maximum atomic E-state index is 13.5. The lowest BCUT2D eigenvalue weighted by Gasteiger charge is -2.29. The van der Waals surface area contributed by atoms with Crippen molar-refractivity contribution in [3.05, 3.63) is 45.6 Å². The number of nitrogens with zero attached hydrogens (tertiary/aromatic N) is 1. The van der Waals surface area contributed by atoms with Gasteiger partial charge in [0, 0.05) is 25.6 Å². The standard InChI is InChI=1S/C28H35N3O7/c1-16(28(34)31-10-12-38-13-11-31)29-22-9-7-19-20(15-23(22)33)21(30-17(2)32)8-6-18-14-24(35-3)26(36-4)27(37-5)25(18)19/h7,9,14-16,21H,6,8,10-13H2,1-5H3,(H,29,33)(H,30,32)/t16-,21-/m0/s1. The summed E-state index contributed by atoms with van der Waals surface area (Å²) in [7, 11) is 4.66. The van der Waals surface area contributed by atoms with Gasteiger partial charge in [-0.15, -0.1) is 0 Å². The van der Waals surface area contributed by atoms with Crippen LogP contribution in [0.4, 0.5) is 5.69 Å². The number of methoxy groups -OCH3 is 3. The van der Waals surface area contributed by atoms with E-state index >= 15 is 0 Å². The highest BCUT2D eigenvalue weighted by Gasteiger charge is 2.30. The summed E-state index contributed by atoms with van der Waals surface area (Å²) in [5.74, 6) is 1.16. The minimum absolute atomic E-state index is 0.0965. The molecule has 0 aromatic heterocycles. The van der Waals surface area contributed by atoms with Crippen molar-refractivity contribution in [3.8, 4) is 28.4 Å². The van der Waals surface area contributed by atoms with Gasteiger partial charge >= 0.3 is 0 Å². The van der Waals surface area contributed by atoms with Gasteiger partial charge in [0.15, 0.2) is 11.5 Å². The third kappa shape index (κ3) is 5.40. The van der Waals surface area contributed by atoms with Crippen molar-refractivity contribution in [2.45, 2.75) is 38.8 Å². The molecule has 38 heavy (non-hydrogen) atoms. The van der Waals surface area contributed by atoms with Crippen LogP contribution in [-0.4, -0.2) is 70.4 Å². The van der Waals surface area contributed by atoms with Crippen LogP contribution in [0, 0.1) is 0 Å². The number of amides is 2. The maximum Gasteiger partial charge on any atom is 0.244 e. The van der Waals surface area contributed by atoms with Gasteiger partial charge in [-0.3, -0.25) is 14.4 Å². The predicted octanol–water partition coefficient (Wildman–Crippen LogP) is 2.52. The molecule has 2 aliphatic rings. The van der Waals surface area contributed by atoms with Crippen molar-refractivity contribution >= 4 is 17.5 Å². The molecule has 1 aliphatic carbocycles. The molecule has 2 aromatic rings. The zero-order valence-electron chi connectivity index (χ0n) is 22.5. The molecule has 10 nitrogen and oxygen atoms in total. The Balaban J connectivity index is 1.84. The molecule has 0 saturated carbocycles. The number of nitrogens with one attached hydrogen (secondary N) is 2. The van der Waals surface area contributed by atoms with Gasteiger partial charge < -0.3 is 34.5 Å². The van der Waals surface area contributed by atoms with Gasteiger partial charge in [-0.25, -0.2) is 0 Å². The molecule has 1 heterocycles. The first kappa shape index (κ1) is 27.3. The molecular formula is C28H35N3O7. The molecule has 4 rings (SSSR count). The molecule has 1 saturated heterocycles. The minimum atomic E-state index is -0.611. The summed E-state index contributed by atoms with van der Waals surface area (Å²) in [6.07, 6.45) is 1.18. The number of morpholine rings is 1. The molecular weight excluding hydrogens is 490 g/mol. The molecule has 0 radical (unpaired) electrons. The Labute approximate surface area is 222 Å². The average molecular weight is 526 g/mol. The van der Waals surface area contributed by atoms with Crippen LogP contribution in [0.1, 0.15) is 37.4 Å². The molecule has 2 N–H and O–H groups in total. The van der Waals surface area contributed by atoms with Crippen molar-refractivity contribution in [3.63, 3.8) is 0 Å². The van der Waals surface area contributed by atoms with Gasteiger partial charge in [0.25, 0.3) is 0 Å². The molecule has 0 unspecified atom stereocenters. The number of fused-ring (bicyclic) bond motifs is 3. The van der Waals surface area contributed by atoms with Gasteiger partial charge in [-0.1, -0.05) is 6.07 Å². The van der Waals surface area contributed by atoms with Crippen molar-refractivity contribution in [1.82, 2.24) is 10.2 Å². The molecule has 0 spiro atoms. The molecule has 2 amide bonds. The number of hydrogen-bond donors (Lipinski definition) is 2. The summed E-state index contributed by atoms with van der Waals surface area (Å²) in [5.41, 5.74) is 3.10. The Morgan fingerprint density at radius 1 is 1.05 bits per heavy atom. The summed E-state index contributed by atoms with van der Waals surface area (Å²) in [6, 6.07) is 5.94. The first-order chi connectivity index (χ1) is 18.3. The van der Waals surface area contributed by atoms with Crippen molar-refractivity contribution < 1.29 is 28.5 Å². The van der Waals surface area contributed by atoms with E-state index in [1.165, 1.54) is 13.0 Å². The van der Waals surface area contributed by atoms with E-state index < -0.39 is 12.1 Å². The van der Waals surface area contributed by atoms with E-state index in [-0.39, 0.29) is 22.9 Å². The van der Waals surface area contributed by atoms with Gasteiger partial charge in [-0.2, -0.15) is 0 Å². The number of aryl methyl sites for hydroxylation is 1. The van der Waals surface area contributed by atoms with E-state index in [2.05, 4.69) is 10.6 Å². The fourth-order valence-corrected chi connectivity index (χ4v) is 5.18. The number of carbonyl (C=O) groups is 2. The molecule has 1 fully saturated rings. The van der Waals surface area contributed by atoms with Crippen LogP contribution < -0.4 is 30.3 Å². The van der Waals surface area contributed by atoms with E-state index in [9.17, 15) is 14.4 Å². The topological polar surface area (TPSA) is 115 Å². The van der Waals surface area contributed by atoms with Gasteiger partial charge in [-0.05, 0) is 54.7 Å². The third-order valence-corrected chi connectivity index (χ3v) is 6.98. The van der Waals surface area contributed by atoms with Crippen LogP contribution in [0.25, 0.3) is 11.1 Å². The zero-order valence-corrected chi connectivity index (χ0v) is 22.5. The average Bonchev–Trinajstić information content (AvgIpc) is 3.16. The minimum Gasteiger partial charge on any atom is -0.493 e. The van der Waals surface area contributed by atoms with Crippen LogP contribution in [0.3, 0.4) is 0 Å². The van der Waals surface area contributed by atoms with Crippen LogP contribution in [0.15, 0.2) is 29.1 Å². The number of carbonyl (C=O) groups excluding carboxylic acids is 2. The fraction of sp³-hybridized carbons (Fsp3) is 0.464. The Kier molecular flexibility index (Phi) is 8.41. The van der Waals surface area contributed by atoms with Crippen molar-refractivity contribution in [1.29, 1.82) is 0 Å². The van der Waals surface area contributed by atoms with Crippen molar-refractivity contribution in [2.24, 2.45) is 0 Å². The number of hydrogen-bond acceptors (Lipinski definition) is 8. The lowest BCUT2D eigenvalue weighted by atomic mass is 9.95. The van der Waals surface area contributed by atoms with E-state index in [0.717, 1.165) is 16.7 Å². The summed E-state index contributed by atoms with van der Waals surface area (Å²) in [4.78, 5) is 40.3. The van der Waals surface area contributed by atoms with Gasteiger partial charge in [0.1, 0.15) is 6.04 Å². The highest BCUT2D eigenvalue weighted by atomic mass is 16.5. The van der Waals surface area contributed by atoms with Gasteiger partial charge in [0.05, 0.1) is 46.3 Å². The van der Waals surface area contributed by atoms with E-state index in [1.54, 1.807) is 39.2 Å². The Bertz CT molecular complexity index is 1270. The first-order valence-electron chi connectivity index (χ1n) is 12.7. The normalized spacial score (nSPS) is 17.3. The summed E-state index contributed by atoms with van der Waals surface area (Å²) < 4.78 is 22.3. The quantitative estimate of drug-likeness (QED) is 0.567. The Morgan fingerprint density at radius 2 is 1.76 bits per heavy atom. The van der Waals surface area contributed by atoms with Crippen LogP contribution >= 0.6 is 0 Å². The van der Waals surface area contributed by atoms with Crippen molar-refractivity contribution in [2.75, 3.05) is 52.9 Å². The monoisotopic (exact) mass is 525 g/mol. The Hall–Kier alpha value is -3.79.